The third kappa shape index (κ3) is 4.19. The number of ether oxygens (including phenoxy) is 2. The lowest BCUT2D eigenvalue weighted by Gasteiger charge is -2.23. The monoisotopic (exact) mass is 338 g/mol. The van der Waals surface area contributed by atoms with Gasteiger partial charge in [-0.2, -0.15) is 0 Å². The maximum Gasteiger partial charge on any atom is 0.161 e. The number of rotatable bonds is 6. The van der Waals surface area contributed by atoms with Gasteiger partial charge in [0, 0.05) is 19.6 Å². The molecule has 2 heterocycles. The van der Waals surface area contributed by atoms with Crippen LogP contribution in [0.3, 0.4) is 0 Å². The van der Waals surface area contributed by atoms with Gasteiger partial charge in [-0.05, 0) is 49.0 Å². The predicted octanol–water partition coefficient (Wildman–Crippen LogP) is 2.87. The second kappa shape index (κ2) is 8.04. The lowest BCUT2D eigenvalue weighted by molar-refractivity contribution is 0.268. The van der Waals surface area contributed by atoms with E-state index in [4.69, 9.17) is 9.47 Å². The normalized spacial score (nSPS) is 23.7. The van der Waals surface area contributed by atoms with Crippen LogP contribution in [-0.4, -0.2) is 44.8 Å². The van der Waals surface area contributed by atoms with E-state index in [1.807, 2.05) is 6.07 Å². The third-order valence-electron chi connectivity index (χ3n) is 4.84. The molecule has 0 aliphatic carbocycles. The van der Waals surface area contributed by atoms with Gasteiger partial charge in [0.2, 0.25) is 0 Å². The van der Waals surface area contributed by atoms with Crippen LogP contribution in [0.1, 0.15) is 18.4 Å². The molecule has 1 aromatic rings. The first-order valence-corrected chi connectivity index (χ1v) is 8.08. The van der Waals surface area contributed by atoms with Gasteiger partial charge in [0.1, 0.15) is 6.61 Å². The van der Waals surface area contributed by atoms with Gasteiger partial charge in [-0.15, -0.1) is 12.4 Å². The number of hydrogen-bond donors (Lipinski definition) is 1. The van der Waals surface area contributed by atoms with Crippen LogP contribution in [0.5, 0.6) is 11.5 Å². The molecule has 128 valence electrons. The molecule has 2 aliphatic rings. The lowest BCUT2D eigenvalue weighted by Crippen LogP contribution is -2.28. The number of nitrogens with zero attached hydrogens (tertiary/aromatic N) is 1. The number of benzene rings is 1. The summed E-state index contributed by atoms with van der Waals surface area (Å²) < 4.78 is 11.1. The van der Waals surface area contributed by atoms with Crippen LogP contribution in [-0.2, 0) is 6.54 Å². The fourth-order valence-corrected chi connectivity index (χ4v) is 3.64. The fraction of sp³-hybridized carbons (Fsp3) is 0.556. The number of halogens is 1. The van der Waals surface area contributed by atoms with Crippen molar-refractivity contribution in [2.24, 2.45) is 5.41 Å². The molecule has 3 rings (SSSR count). The maximum atomic E-state index is 5.61. The summed E-state index contributed by atoms with van der Waals surface area (Å²) in [5.41, 5.74) is 1.81. The van der Waals surface area contributed by atoms with Gasteiger partial charge >= 0.3 is 0 Å². The highest BCUT2D eigenvalue weighted by Crippen LogP contribution is 2.37. The lowest BCUT2D eigenvalue weighted by atomic mass is 9.86. The van der Waals surface area contributed by atoms with Gasteiger partial charge < -0.3 is 14.8 Å². The molecule has 1 atom stereocenters. The standard InChI is InChI=1S/C18H26N2O2.ClH/c1-3-10-22-16-5-4-15(11-17(16)21-2)12-20-9-7-18(14-20)6-8-19-13-18;/h3-5,11,19H,1,6-10,12-14H2,2H3;1H. The molecule has 2 saturated heterocycles. The van der Waals surface area contributed by atoms with Crippen molar-refractivity contribution in [3.8, 4) is 11.5 Å². The van der Waals surface area contributed by atoms with E-state index in [1.165, 1.54) is 44.6 Å². The maximum absolute atomic E-state index is 5.61. The first-order chi connectivity index (χ1) is 10.7. The number of likely N-dealkylation sites (tertiary alicyclic amines) is 1. The van der Waals surface area contributed by atoms with E-state index in [1.54, 1.807) is 13.2 Å². The van der Waals surface area contributed by atoms with Gasteiger partial charge in [-0.3, -0.25) is 4.90 Å². The van der Waals surface area contributed by atoms with Crippen molar-refractivity contribution in [3.63, 3.8) is 0 Å². The van der Waals surface area contributed by atoms with Crippen LogP contribution in [0.25, 0.3) is 0 Å². The molecule has 0 saturated carbocycles. The highest BCUT2D eigenvalue weighted by atomic mass is 35.5. The fourth-order valence-electron chi connectivity index (χ4n) is 3.64. The predicted molar refractivity (Wildman–Crippen MR) is 95.7 cm³/mol. The minimum atomic E-state index is 0. The molecular weight excluding hydrogens is 312 g/mol. The topological polar surface area (TPSA) is 33.7 Å². The Morgan fingerprint density at radius 3 is 2.91 bits per heavy atom. The zero-order valence-corrected chi connectivity index (χ0v) is 14.7. The Hall–Kier alpha value is -1.23. The Morgan fingerprint density at radius 1 is 1.35 bits per heavy atom. The van der Waals surface area contributed by atoms with Crippen molar-refractivity contribution in [2.45, 2.75) is 19.4 Å². The Bertz CT molecular complexity index is 530. The van der Waals surface area contributed by atoms with Gasteiger partial charge in [0.25, 0.3) is 0 Å². The van der Waals surface area contributed by atoms with Crippen molar-refractivity contribution in [1.82, 2.24) is 10.2 Å². The average molecular weight is 339 g/mol. The van der Waals surface area contributed by atoms with E-state index >= 15 is 0 Å². The van der Waals surface area contributed by atoms with E-state index in [0.29, 0.717) is 12.0 Å². The summed E-state index contributed by atoms with van der Waals surface area (Å²) in [4.78, 5) is 2.56. The number of hydrogen-bond acceptors (Lipinski definition) is 4. The molecule has 1 aromatic carbocycles. The smallest absolute Gasteiger partial charge is 0.161 e. The molecule has 2 fully saturated rings. The zero-order chi connectivity index (χ0) is 15.4. The van der Waals surface area contributed by atoms with E-state index in [2.05, 4.69) is 28.9 Å². The second-order valence-corrected chi connectivity index (χ2v) is 6.47. The van der Waals surface area contributed by atoms with Gasteiger partial charge in [-0.25, -0.2) is 0 Å². The summed E-state index contributed by atoms with van der Waals surface area (Å²) in [7, 11) is 1.69. The van der Waals surface area contributed by atoms with Crippen LogP contribution in [0.2, 0.25) is 0 Å². The van der Waals surface area contributed by atoms with Gasteiger partial charge in [0.05, 0.1) is 7.11 Å². The Balaban J connectivity index is 0.00000192. The molecule has 1 unspecified atom stereocenters. The molecule has 1 spiro atoms. The van der Waals surface area contributed by atoms with Gasteiger partial charge in [-0.1, -0.05) is 18.7 Å². The van der Waals surface area contributed by atoms with Crippen molar-refractivity contribution in [3.05, 3.63) is 36.4 Å². The molecule has 0 radical (unpaired) electrons. The molecule has 5 heteroatoms. The zero-order valence-electron chi connectivity index (χ0n) is 13.8. The molecule has 1 N–H and O–H groups in total. The number of methoxy groups -OCH3 is 1. The molecule has 4 nitrogen and oxygen atoms in total. The van der Waals surface area contributed by atoms with Crippen LogP contribution < -0.4 is 14.8 Å². The molecule has 23 heavy (non-hydrogen) atoms. The first-order valence-electron chi connectivity index (χ1n) is 8.08. The summed E-state index contributed by atoms with van der Waals surface area (Å²) in [6.45, 7) is 9.92. The largest absolute Gasteiger partial charge is 0.493 e. The van der Waals surface area contributed by atoms with Crippen molar-refractivity contribution >= 4 is 12.4 Å². The molecule has 0 aromatic heterocycles. The van der Waals surface area contributed by atoms with Crippen LogP contribution in [0.4, 0.5) is 0 Å². The third-order valence-corrected chi connectivity index (χ3v) is 4.84. The molecule has 0 amide bonds. The van der Waals surface area contributed by atoms with Crippen molar-refractivity contribution < 1.29 is 9.47 Å². The van der Waals surface area contributed by atoms with Crippen molar-refractivity contribution in [2.75, 3.05) is 39.9 Å². The van der Waals surface area contributed by atoms with Crippen LogP contribution >= 0.6 is 12.4 Å². The number of nitrogens with one attached hydrogen (secondary N) is 1. The van der Waals surface area contributed by atoms with E-state index in [0.717, 1.165) is 18.0 Å². The molecule has 0 bridgehead atoms. The minimum Gasteiger partial charge on any atom is -0.493 e. The van der Waals surface area contributed by atoms with E-state index < -0.39 is 0 Å². The molecule has 2 aliphatic heterocycles. The summed E-state index contributed by atoms with van der Waals surface area (Å²) >= 11 is 0. The second-order valence-electron chi connectivity index (χ2n) is 6.47. The SMILES string of the molecule is C=CCOc1ccc(CN2CCC3(CCNC3)C2)cc1OC.Cl. The Morgan fingerprint density at radius 2 is 2.22 bits per heavy atom. The van der Waals surface area contributed by atoms with Crippen LogP contribution in [0.15, 0.2) is 30.9 Å². The Labute approximate surface area is 145 Å². The highest BCUT2D eigenvalue weighted by Gasteiger charge is 2.40. The summed E-state index contributed by atoms with van der Waals surface area (Å²) in [5, 5.41) is 3.51. The average Bonchev–Trinajstić information content (AvgIpc) is 3.16. The van der Waals surface area contributed by atoms with Crippen LogP contribution in [0, 0.1) is 5.41 Å². The summed E-state index contributed by atoms with van der Waals surface area (Å²) in [5.74, 6) is 1.58. The summed E-state index contributed by atoms with van der Waals surface area (Å²) in [6, 6.07) is 6.23. The van der Waals surface area contributed by atoms with E-state index in [-0.39, 0.29) is 12.4 Å². The van der Waals surface area contributed by atoms with E-state index in [9.17, 15) is 0 Å². The van der Waals surface area contributed by atoms with Gasteiger partial charge in [0.15, 0.2) is 11.5 Å². The molecular formula is C18H27ClN2O2. The quantitative estimate of drug-likeness (QED) is 0.809. The first kappa shape index (κ1) is 18.1. The Kier molecular flexibility index (Phi) is 6.33. The highest BCUT2D eigenvalue weighted by molar-refractivity contribution is 5.85. The minimum absolute atomic E-state index is 0. The summed E-state index contributed by atoms with van der Waals surface area (Å²) in [6.07, 6.45) is 4.38. The van der Waals surface area contributed by atoms with Crippen molar-refractivity contribution in [1.29, 1.82) is 0 Å².